The molecule has 0 spiro atoms. The second-order valence-corrected chi connectivity index (χ2v) is 7.56. The fourth-order valence-electron chi connectivity index (χ4n) is 3.95. The van der Waals surface area contributed by atoms with Gasteiger partial charge in [0.05, 0.1) is 11.8 Å². The number of fused-ring (bicyclic) bond motifs is 1. The van der Waals surface area contributed by atoms with Crippen LogP contribution in [-0.4, -0.2) is 22.0 Å². The molecule has 3 aromatic rings. The number of hydrogen-bond donors (Lipinski definition) is 3. The number of nitrogens with one attached hydrogen (secondary N) is 2. The Balaban J connectivity index is 1.64. The van der Waals surface area contributed by atoms with Crippen LogP contribution in [0.5, 0.6) is 0 Å². The Kier molecular flexibility index (Phi) is 4.54. The maximum absolute atomic E-state index is 11.0. The Morgan fingerprint density at radius 3 is 2.69 bits per heavy atom. The van der Waals surface area contributed by atoms with Gasteiger partial charge >= 0.3 is 0 Å². The van der Waals surface area contributed by atoms with Crippen molar-refractivity contribution in [1.29, 1.82) is 0 Å². The number of anilines is 1. The lowest BCUT2D eigenvalue weighted by molar-refractivity contribution is 0.245. The summed E-state index contributed by atoms with van der Waals surface area (Å²) in [4.78, 5) is 4.20. The first-order valence-electron chi connectivity index (χ1n) is 9.47. The highest BCUT2D eigenvalue weighted by molar-refractivity contribution is 6.31. The largest absolute Gasteiger partial charge is 0.369 e. The minimum absolute atomic E-state index is 0.0242. The quantitative estimate of drug-likeness (QED) is 0.608. The number of nitrogens with zero attached hydrogens (tertiary/aromatic N) is 2. The number of aliphatic hydroxyl groups is 1. The predicted octanol–water partition coefficient (Wildman–Crippen LogP) is 4.37. The van der Waals surface area contributed by atoms with E-state index in [1.54, 1.807) is 6.20 Å². The molecule has 5 rings (SSSR count). The number of benzene rings is 2. The van der Waals surface area contributed by atoms with E-state index in [0.717, 1.165) is 39.2 Å². The Labute approximate surface area is 173 Å². The smallest absolute Gasteiger partial charge is 0.153 e. The zero-order chi connectivity index (χ0) is 19.8. The SMILES string of the molecule is OC1Nc2ccc(Cl)cc2C(c2ccccc2)=C1C1=NNC(c2cccnc2)C1. The molecule has 2 aliphatic heterocycles. The Morgan fingerprint density at radius 2 is 1.90 bits per heavy atom. The summed E-state index contributed by atoms with van der Waals surface area (Å²) in [6.07, 6.45) is 3.39. The van der Waals surface area contributed by atoms with Crippen LogP contribution in [0.3, 0.4) is 0 Å². The third-order valence-corrected chi connectivity index (χ3v) is 5.53. The third kappa shape index (κ3) is 3.28. The van der Waals surface area contributed by atoms with Gasteiger partial charge in [0, 0.05) is 46.2 Å². The summed E-state index contributed by atoms with van der Waals surface area (Å²) in [5.74, 6) is 0. The van der Waals surface area contributed by atoms with Crippen molar-refractivity contribution in [2.45, 2.75) is 18.7 Å². The van der Waals surface area contributed by atoms with Gasteiger partial charge in [-0.15, -0.1) is 0 Å². The molecule has 144 valence electrons. The van der Waals surface area contributed by atoms with Crippen LogP contribution in [0.1, 0.15) is 29.2 Å². The molecular weight excluding hydrogens is 384 g/mol. The van der Waals surface area contributed by atoms with Crippen molar-refractivity contribution in [1.82, 2.24) is 10.4 Å². The summed E-state index contributed by atoms with van der Waals surface area (Å²) in [7, 11) is 0. The minimum Gasteiger partial charge on any atom is -0.369 e. The van der Waals surface area contributed by atoms with Crippen LogP contribution < -0.4 is 10.7 Å². The maximum atomic E-state index is 11.0. The van der Waals surface area contributed by atoms with Crippen LogP contribution in [0.4, 0.5) is 5.69 Å². The monoisotopic (exact) mass is 402 g/mol. The van der Waals surface area contributed by atoms with Crippen molar-refractivity contribution in [2.24, 2.45) is 5.10 Å². The van der Waals surface area contributed by atoms with Gasteiger partial charge in [-0.3, -0.25) is 4.98 Å². The van der Waals surface area contributed by atoms with Crippen molar-refractivity contribution in [3.05, 3.63) is 100 Å². The van der Waals surface area contributed by atoms with Crippen molar-refractivity contribution >= 4 is 28.6 Å². The summed E-state index contributed by atoms with van der Waals surface area (Å²) in [5, 5.41) is 19.4. The standard InChI is InChI=1S/C23H19ClN4O/c24-16-8-9-18-17(11-16)21(14-5-2-1-3-6-14)22(23(29)26-18)20-12-19(27-28-20)15-7-4-10-25-13-15/h1-11,13,19,23,26-27,29H,12H2. The van der Waals surface area contributed by atoms with Crippen LogP contribution in [0, 0.1) is 0 Å². The molecule has 0 radical (unpaired) electrons. The first-order chi connectivity index (χ1) is 14.2. The molecule has 6 heteroatoms. The Morgan fingerprint density at radius 1 is 1.03 bits per heavy atom. The first-order valence-corrected chi connectivity index (χ1v) is 9.85. The number of pyridine rings is 1. The highest BCUT2D eigenvalue weighted by Gasteiger charge is 2.33. The lowest BCUT2D eigenvalue weighted by atomic mass is 9.85. The molecule has 0 saturated carbocycles. The zero-order valence-corrected chi connectivity index (χ0v) is 16.3. The lowest BCUT2D eigenvalue weighted by Crippen LogP contribution is -2.31. The molecule has 2 atom stereocenters. The van der Waals surface area contributed by atoms with Crippen LogP contribution in [0.2, 0.25) is 5.02 Å². The van der Waals surface area contributed by atoms with Gasteiger partial charge in [0.25, 0.3) is 0 Å². The Bertz CT molecular complexity index is 1110. The highest BCUT2D eigenvalue weighted by atomic mass is 35.5. The minimum atomic E-state index is -0.868. The van der Waals surface area contributed by atoms with Crippen LogP contribution in [-0.2, 0) is 0 Å². The van der Waals surface area contributed by atoms with Crippen molar-refractivity contribution in [2.75, 3.05) is 5.32 Å². The summed E-state index contributed by atoms with van der Waals surface area (Å²) in [6.45, 7) is 0. The molecule has 2 aliphatic rings. The second-order valence-electron chi connectivity index (χ2n) is 7.12. The van der Waals surface area contributed by atoms with Crippen molar-refractivity contribution in [3.63, 3.8) is 0 Å². The van der Waals surface area contributed by atoms with Gasteiger partial charge < -0.3 is 15.8 Å². The Hall–Kier alpha value is -3.15. The number of rotatable bonds is 3. The molecule has 0 aliphatic carbocycles. The zero-order valence-electron chi connectivity index (χ0n) is 15.5. The number of hydrogen-bond acceptors (Lipinski definition) is 5. The van der Waals surface area contributed by atoms with E-state index >= 15 is 0 Å². The number of aliphatic hydroxyl groups excluding tert-OH is 1. The van der Waals surface area contributed by atoms with Crippen LogP contribution in [0.15, 0.2) is 83.7 Å². The molecule has 3 N–H and O–H groups in total. The molecule has 1 aromatic heterocycles. The summed E-state index contributed by atoms with van der Waals surface area (Å²) in [5.41, 5.74) is 9.61. The predicted molar refractivity (Wildman–Crippen MR) is 116 cm³/mol. The molecule has 0 bridgehead atoms. The van der Waals surface area contributed by atoms with Crippen molar-refractivity contribution in [3.8, 4) is 0 Å². The topological polar surface area (TPSA) is 69.5 Å². The molecule has 5 nitrogen and oxygen atoms in total. The third-order valence-electron chi connectivity index (χ3n) is 5.30. The van der Waals surface area contributed by atoms with E-state index in [9.17, 15) is 5.11 Å². The fourth-order valence-corrected chi connectivity index (χ4v) is 4.13. The van der Waals surface area contributed by atoms with Crippen molar-refractivity contribution < 1.29 is 5.11 Å². The lowest BCUT2D eigenvalue weighted by Gasteiger charge is -2.29. The van der Waals surface area contributed by atoms with Gasteiger partial charge in [-0.2, -0.15) is 5.10 Å². The van der Waals surface area contributed by atoms with E-state index in [0.29, 0.717) is 11.4 Å². The average Bonchev–Trinajstić information content (AvgIpc) is 3.24. The van der Waals surface area contributed by atoms with E-state index < -0.39 is 6.23 Å². The summed E-state index contributed by atoms with van der Waals surface area (Å²) < 4.78 is 0. The maximum Gasteiger partial charge on any atom is 0.153 e. The van der Waals surface area contributed by atoms with Gasteiger partial charge in [-0.05, 0) is 35.4 Å². The van der Waals surface area contributed by atoms with E-state index in [1.807, 2.05) is 66.9 Å². The molecule has 0 saturated heterocycles. The molecule has 0 fully saturated rings. The second kappa shape index (κ2) is 7.35. The molecular formula is C23H19ClN4O. The molecule has 3 heterocycles. The number of halogens is 1. The van der Waals surface area contributed by atoms with E-state index in [2.05, 4.69) is 20.8 Å². The molecule has 29 heavy (non-hydrogen) atoms. The van der Waals surface area contributed by atoms with Gasteiger partial charge in [-0.1, -0.05) is 48.0 Å². The fraction of sp³-hybridized carbons (Fsp3) is 0.130. The van der Waals surface area contributed by atoms with Gasteiger partial charge in [0.1, 0.15) is 0 Å². The highest BCUT2D eigenvalue weighted by Crippen LogP contribution is 2.41. The van der Waals surface area contributed by atoms with Crippen LogP contribution >= 0.6 is 11.6 Å². The molecule has 2 aromatic carbocycles. The van der Waals surface area contributed by atoms with E-state index in [-0.39, 0.29) is 6.04 Å². The van der Waals surface area contributed by atoms with Gasteiger partial charge in [-0.25, -0.2) is 0 Å². The van der Waals surface area contributed by atoms with E-state index in [4.69, 9.17) is 11.6 Å². The van der Waals surface area contributed by atoms with Gasteiger partial charge in [0.15, 0.2) is 6.23 Å². The molecule has 0 amide bonds. The number of aromatic nitrogens is 1. The first kappa shape index (κ1) is 17.9. The number of hydrazone groups is 1. The van der Waals surface area contributed by atoms with Crippen LogP contribution in [0.25, 0.3) is 5.57 Å². The van der Waals surface area contributed by atoms with Gasteiger partial charge in [0.2, 0.25) is 0 Å². The summed E-state index contributed by atoms with van der Waals surface area (Å²) in [6, 6.07) is 19.7. The average molecular weight is 403 g/mol. The van der Waals surface area contributed by atoms with E-state index in [1.165, 1.54) is 0 Å². The molecule has 2 unspecified atom stereocenters. The summed E-state index contributed by atoms with van der Waals surface area (Å²) >= 11 is 6.31. The normalized spacial score (nSPS) is 20.6.